The minimum absolute atomic E-state index is 0.0675. The molecule has 0 aliphatic heterocycles. The van der Waals surface area contributed by atoms with Gasteiger partial charge in [0.25, 0.3) is 0 Å². The lowest BCUT2D eigenvalue weighted by atomic mass is 10.3. The third kappa shape index (κ3) is 2.32. The molecule has 0 radical (unpaired) electrons. The van der Waals surface area contributed by atoms with Crippen LogP contribution in [0.1, 0.15) is 23.0 Å². The second-order valence-corrected chi connectivity index (χ2v) is 3.68. The van der Waals surface area contributed by atoms with Crippen molar-refractivity contribution in [1.29, 1.82) is 0 Å². The molecule has 0 unspecified atom stereocenters. The zero-order valence-electron chi connectivity index (χ0n) is 9.79. The van der Waals surface area contributed by atoms with Gasteiger partial charge in [0.1, 0.15) is 5.65 Å². The summed E-state index contributed by atoms with van der Waals surface area (Å²) in [5.41, 5.74) is 1.34. The van der Waals surface area contributed by atoms with Crippen LogP contribution in [0, 0.1) is 0 Å². The zero-order chi connectivity index (χ0) is 13.1. The Morgan fingerprint density at radius 1 is 1.44 bits per heavy atom. The second-order valence-electron chi connectivity index (χ2n) is 3.68. The van der Waals surface area contributed by atoms with Gasteiger partial charge >= 0.3 is 11.9 Å². The average molecular weight is 248 g/mol. The lowest BCUT2D eigenvalue weighted by Gasteiger charge is -2.03. The molecule has 6 nitrogen and oxygen atoms in total. The molecule has 94 valence electrons. The van der Waals surface area contributed by atoms with Crippen molar-refractivity contribution in [3.05, 3.63) is 35.8 Å². The van der Waals surface area contributed by atoms with Gasteiger partial charge < -0.3 is 14.2 Å². The predicted molar refractivity (Wildman–Crippen MR) is 62.5 cm³/mol. The van der Waals surface area contributed by atoms with Crippen molar-refractivity contribution in [1.82, 2.24) is 9.38 Å². The van der Waals surface area contributed by atoms with E-state index in [0.717, 1.165) is 0 Å². The van der Waals surface area contributed by atoms with Gasteiger partial charge in [-0.1, -0.05) is 0 Å². The van der Waals surface area contributed by atoms with E-state index in [4.69, 9.17) is 9.84 Å². The summed E-state index contributed by atoms with van der Waals surface area (Å²) in [6.07, 6.45) is 3.05. The van der Waals surface area contributed by atoms with Crippen molar-refractivity contribution in [2.45, 2.75) is 13.3 Å². The monoisotopic (exact) mass is 248 g/mol. The Balaban J connectivity index is 2.36. The van der Waals surface area contributed by atoms with E-state index in [-0.39, 0.29) is 18.0 Å². The Kier molecular flexibility index (Phi) is 3.27. The molecule has 18 heavy (non-hydrogen) atoms. The number of rotatable bonds is 4. The van der Waals surface area contributed by atoms with E-state index < -0.39 is 5.97 Å². The molecule has 0 aromatic carbocycles. The summed E-state index contributed by atoms with van der Waals surface area (Å²) < 4.78 is 6.43. The number of aromatic nitrogens is 2. The van der Waals surface area contributed by atoms with Crippen molar-refractivity contribution in [3.8, 4) is 0 Å². The molecule has 6 heteroatoms. The van der Waals surface area contributed by atoms with Crippen LogP contribution in [0.4, 0.5) is 0 Å². The predicted octanol–water partition coefficient (Wildman–Crippen LogP) is 1.14. The number of carboxylic acid groups (broad SMARTS) is 1. The fraction of sp³-hybridized carbons (Fsp3) is 0.250. The van der Waals surface area contributed by atoms with Gasteiger partial charge in [0.2, 0.25) is 0 Å². The van der Waals surface area contributed by atoms with Crippen LogP contribution >= 0.6 is 0 Å². The molecule has 2 heterocycles. The van der Waals surface area contributed by atoms with E-state index in [1.54, 1.807) is 17.4 Å². The van der Waals surface area contributed by atoms with Gasteiger partial charge in [-0.2, -0.15) is 0 Å². The largest absolute Gasteiger partial charge is 0.478 e. The molecule has 2 rings (SSSR count). The topological polar surface area (TPSA) is 80.9 Å². The molecule has 2 aromatic heterocycles. The van der Waals surface area contributed by atoms with Crippen molar-refractivity contribution >= 4 is 17.6 Å². The summed E-state index contributed by atoms with van der Waals surface area (Å²) in [7, 11) is 0. The minimum Gasteiger partial charge on any atom is -0.478 e. The van der Waals surface area contributed by atoms with Crippen molar-refractivity contribution in [2.24, 2.45) is 0 Å². The Bertz CT molecular complexity index is 603. The first-order valence-corrected chi connectivity index (χ1v) is 5.46. The van der Waals surface area contributed by atoms with Crippen molar-refractivity contribution < 1.29 is 19.4 Å². The molecule has 1 N–H and O–H groups in total. The van der Waals surface area contributed by atoms with Crippen LogP contribution in [-0.4, -0.2) is 33.0 Å². The number of ether oxygens (including phenoxy) is 1. The molecule has 0 aliphatic carbocycles. The molecule has 0 aliphatic rings. The smallest absolute Gasteiger partial charge is 0.337 e. The molecule has 0 amide bonds. The molecule has 0 saturated heterocycles. The van der Waals surface area contributed by atoms with Crippen molar-refractivity contribution in [3.63, 3.8) is 0 Å². The third-order valence-corrected chi connectivity index (χ3v) is 2.46. The number of pyridine rings is 1. The summed E-state index contributed by atoms with van der Waals surface area (Å²) in [5.74, 6) is -1.38. The standard InChI is InChI=1S/C12H12N2O4/c1-2-18-11(15)5-9-6-13-10-4-3-8(12(16)17)7-14(9)10/h3-4,6-7H,2,5H2,1H3,(H,16,17). The molecule has 0 saturated carbocycles. The maximum Gasteiger partial charge on any atom is 0.337 e. The molecule has 0 fully saturated rings. The summed E-state index contributed by atoms with van der Waals surface area (Å²) in [5, 5.41) is 8.91. The minimum atomic E-state index is -1.02. The number of carbonyl (C=O) groups is 2. The summed E-state index contributed by atoms with van der Waals surface area (Å²) in [6, 6.07) is 3.07. The first-order chi connectivity index (χ1) is 8.61. The SMILES string of the molecule is CCOC(=O)Cc1cnc2ccc(C(=O)O)cn12. The van der Waals surface area contributed by atoms with Crippen molar-refractivity contribution in [2.75, 3.05) is 6.61 Å². The molecule has 2 aromatic rings. The Morgan fingerprint density at radius 3 is 2.89 bits per heavy atom. The van der Waals surface area contributed by atoms with E-state index in [2.05, 4.69) is 4.98 Å². The number of nitrogens with zero attached hydrogens (tertiary/aromatic N) is 2. The van der Waals surface area contributed by atoms with E-state index in [0.29, 0.717) is 17.9 Å². The van der Waals surface area contributed by atoms with Crippen LogP contribution in [0.5, 0.6) is 0 Å². The lowest BCUT2D eigenvalue weighted by molar-refractivity contribution is -0.142. The number of imidazole rings is 1. The first kappa shape index (κ1) is 12.1. The van der Waals surface area contributed by atoms with E-state index in [1.165, 1.54) is 18.5 Å². The van der Waals surface area contributed by atoms with Crippen LogP contribution in [0.2, 0.25) is 0 Å². The van der Waals surface area contributed by atoms with E-state index in [1.807, 2.05) is 0 Å². The average Bonchev–Trinajstić information content (AvgIpc) is 2.72. The van der Waals surface area contributed by atoms with Crippen LogP contribution in [0.15, 0.2) is 24.5 Å². The third-order valence-electron chi connectivity index (χ3n) is 2.46. The zero-order valence-corrected chi connectivity index (χ0v) is 9.79. The molecular formula is C12H12N2O4. The van der Waals surface area contributed by atoms with Gasteiger partial charge in [-0.05, 0) is 19.1 Å². The molecular weight excluding hydrogens is 236 g/mol. The maximum absolute atomic E-state index is 11.4. The summed E-state index contributed by atoms with van der Waals surface area (Å²) in [4.78, 5) is 26.4. The number of hydrogen-bond acceptors (Lipinski definition) is 4. The van der Waals surface area contributed by atoms with Gasteiger partial charge in [-0.15, -0.1) is 0 Å². The van der Waals surface area contributed by atoms with Gasteiger partial charge in [0.15, 0.2) is 0 Å². The van der Waals surface area contributed by atoms with Crippen LogP contribution in [0.25, 0.3) is 5.65 Å². The van der Waals surface area contributed by atoms with Crippen LogP contribution in [-0.2, 0) is 16.0 Å². The number of esters is 1. The highest BCUT2D eigenvalue weighted by Crippen LogP contribution is 2.10. The fourth-order valence-electron chi connectivity index (χ4n) is 1.65. The van der Waals surface area contributed by atoms with Gasteiger partial charge in [-0.3, -0.25) is 4.79 Å². The first-order valence-electron chi connectivity index (χ1n) is 5.46. The highest BCUT2D eigenvalue weighted by atomic mass is 16.5. The molecule has 0 atom stereocenters. The van der Waals surface area contributed by atoms with Crippen LogP contribution in [0.3, 0.4) is 0 Å². The Labute approximate surface area is 103 Å². The highest BCUT2D eigenvalue weighted by molar-refractivity contribution is 5.87. The second kappa shape index (κ2) is 4.87. The van der Waals surface area contributed by atoms with E-state index >= 15 is 0 Å². The summed E-state index contributed by atoms with van der Waals surface area (Å²) in [6.45, 7) is 2.05. The number of carbonyl (C=O) groups excluding carboxylic acids is 1. The quantitative estimate of drug-likeness (QED) is 0.820. The summed E-state index contributed by atoms with van der Waals surface area (Å²) >= 11 is 0. The highest BCUT2D eigenvalue weighted by Gasteiger charge is 2.11. The maximum atomic E-state index is 11.4. The number of carboxylic acids is 1. The van der Waals surface area contributed by atoms with Gasteiger partial charge in [-0.25, -0.2) is 9.78 Å². The van der Waals surface area contributed by atoms with Gasteiger partial charge in [0, 0.05) is 12.4 Å². The normalized spacial score (nSPS) is 10.5. The fourth-order valence-corrected chi connectivity index (χ4v) is 1.65. The van der Waals surface area contributed by atoms with Crippen LogP contribution < -0.4 is 0 Å². The number of fused-ring (bicyclic) bond motifs is 1. The number of hydrogen-bond donors (Lipinski definition) is 1. The van der Waals surface area contributed by atoms with Gasteiger partial charge in [0.05, 0.1) is 24.3 Å². The molecule has 0 spiro atoms. The van der Waals surface area contributed by atoms with E-state index in [9.17, 15) is 9.59 Å². The lowest BCUT2D eigenvalue weighted by Crippen LogP contribution is -2.09. The Morgan fingerprint density at radius 2 is 2.22 bits per heavy atom. The molecule has 0 bridgehead atoms. The number of aromatic carboxylic acids is 1. The Hall–Kier alpha value is -2.37.